The van der Waals surface area contributed by atoms with Gasteiger partial charge in [0.05, 0.1) is 19.2 Å². The maximum absolute atomic E-state index is 12.6. The molecular formula is C23H26N2O3. The van der Waals surface area contributed by atoms with Gasteiger partial charge in [-0.15, -0.1) is 0 Å². The highest BCUT2D eigenvalue weighted by molar-refractivity contribution is 5.95. The van der Waals surface area contributed by atoms with Gasteiger partial charge in [-0.1, -0.05) is 36.4 Å². The summed E-state index contributed by atoms with van der Waals surface area (Å²) in [5.41, 5.74) is 3.95. The molecule has 0 aliphatic heterocycles. The van der Waals surface area contributed by atoms with Crippen LogP contribution in [0.4, 0.5) is 0 Å². The van der Waals surface area contributed by atoms with Gasteiger partial charge in [0.2, 0.25) is 0 Å². The zero-order chi connectivity index (χ0) is 19.9. The molecular weight excluding hydrogens is 352 g/mol. The topological polar surface area (TPSA) is 52.5 Å². The first kappa shape index (κ1) is 19.5. The van der Waals surface area contributed by atoms with E-state index in [2.05, 4.69) is 22.0 Å². The lowest BCUT2D eigenvalue weighted by molar-refractivity contribution is 0.0946. The average molecular weight is 378 g/mol. The zero-order valence-electron chi connectivity index (χ0n) is 16.6. The van der Waals surface area contributed by atoms with Crippen molar-refractivity contribution in [3.63, 3.8) is 0 Å². The van der Waals surface area contributed by atoms with E-state index in [1.54, 1.807) is 7.11 Å². The summed E-state index contributed by atoms with van der Waals surface area (Å²) in [6, 6.07) is 19.6. The number of methoxy groups -OCH3 is 1. The van der Waals surface area contributed by atoms with Gasteiger partial charge in [0.25, 0.3) is 5.91 Å². The number of nitrogens with zero attached hydrogens (tertiary/aromatic N) is 1. The van der Waals surface area contributed by atoms with Crippen LogP contribution >= 0.6 is 0 Å². The number of nitrogens with one attached hydrogen (secondary N) is 1. The lowest BCUT2D eigenvalue weighted by Gasteiger charge is -2.11. The second-order valence-electron chi connectivity index (χ2n) is 6.64. The van der Waals surface area contributed by atoms with Gasteiger partial charge in [0.1, 0.15) is 18.1 Å². The lowest BCUT2D eigenvalue weighted by atomic mass is 10.2. The van der Waals surface area contributed by atoms with Gasteiger partial charge < -0.3 is 19.4 Å². The molecule has 1 amide bonds. The van der Waals surface area contributed by atoms with Crippen LogP contribution in [0.25, 0.3) is 0 Å². The van der Waals surface area contributed by atoms with E-state index in [1.807, 2.05) is 62.4 Å². The molecule has 0 fully saturated rings. The van der Waals surface area contributed by atoms with E-state index in [4.69, 9.17) is 9.47 Å². The highest BCUT2D eigenvalue weighted by Gasteiger charge is 2.15. The lowest BCUT2D eigenvalue weighted by Crippen LogP contribution is -2.28. The second-order valence-corrected chi connectivity index (χ2v) is 6.64. The first-order chi connectivity index (χ1) is 13.6. The molecule has 0 aliphatic carbocycles. The molecule has 28 heavy (non-hydrogen) atoms. The molecule has 0 saturated heterocycles. The standard InChI is InChI=1S/C23H26N2O3/c1-17-14-22(18(2)25(17)16-19-8-5-4-6-9-19)23(26)24-12-13-28-21-11-7-10-20(15-21)27-3/h4-11,14-15H,12-13,16H2,1-3H3,(H,24,26). The Kier molecular flexibility index (Phi) is 6.37. The number of aryl methyl sites for hydroxylation is 1. The van der Waals surface area contributed by atoms with Crippen molar-refractivity contribution in [2.75, 3.05) is 20.3 Å². The largest absolute Gasteiger partial charge is 0.497 e. The van der Waals surface area contributed by atoms with E-state index in [-0.39, 0.29) is 5.91 Å². The van der Waals surface area contributed by atoms with Crippen molar-refractivity contribution in [3.05, 3.63) is 83.2 Å². The van der Waals surface area contributed by atoms with Crippen LogP contribution in [-0.2, 0) is 6.54 Å². The van der Waals surface area contributed by atoms with E-state index in [0.717, 1.165) is 29.4 Å². The fraction of sp³-hybridized carbons (Fsp3) is 0.261. The van der Waals surface area contributed by atoms with Gasteiger partial charge in [0, 0.05) is 24.0 Å². The van der Waals surface area contributed by atoms with E-state index in [0.29, 0.717) is 18.7 Å². The number of benzene rings is 2. The van der Waals surface area contributed by atoms with Crippen LogP contribution < -0.4 is 14.8 Å². The van der Waals surface area contributed by atoms with Crippen molar-refractivity contribution in [1.29, 1.82) is 0 Å². The van der Waals surface area contributed by atoms with Crippen molar-refractivity contribution in [2.24, 2.45) is 0 Å². The molecule has 3 aromatic rings. The number of ether oxygens (including phenoxy) is 2. The van der Waals surface area contributed by atoms with Crippen LogP contribution in [-0.4, -0.2) is 30.7 Å². The second kappa shape index (κ2) is 9.13. The maximum atomic E-state index is 12.6. The van der Waals surface area contributed by atoms with Gasteiger partial charge >= 0.3 is 0 Å². The summed E-state index contributed by atoms with van der Waals surface area (Å²) in [6.45, 7) is 5.58. The molecule has 5 nitrogen and oxygen atoms in total. The van der Waals surface area contributed by atoms with Crippen LogP contribution in [0.5, 0.6) is 11.5 Å². The normalized spacial score (nSPS) is 10.5. The molecule has 1 N–H and O–H groups in total. The third-order valence-electron chi connectivity index (χ3n) is 4.70. The number of carbonyl (C=O) groups excluding carboxylic acids is 1. The maximum Gasteiger partial charge on any atom is 0.253 e. The van der Waals surface area contributed by atoms with E-state index < -0.39 is 0 Å². The number of hydrogen-bond acceptors (Lipinski definition) is 3. The molecule has 5 heteroatoms. The van der Waals surface area contributed by atoms with E-state index in [9.17, 15) is 4.79 Å². The number of hydrogen-bond donors (Lipinski definition) is 1. The fourth-order valence-corrected chi connectivity index (χ4v) is 3.16. The van der Waals surface area contributed by atoms with Crippen LogP contribution in [0, 0.1) is 13.8 Å². The summed E-state index contributed by atoms with van der Waals surface area (Å²) in [7, 11) is 1.62. The summed E-state index contributed by atoms with van der Waals surface area (Å²) in [5, 5.41) is 2.93. The highest BCUT2D eigenvalue weighted by atomic mass is 16.5. The number of amides is 1. The van der Waals surface area contributed by atoms with Crippen LogP contribution in [0.1, 0.15) is 27.3 Å². The Morgan fingerprint density at radius 3 is 2.50 bits per heavy atom. The molecule has 1 aromatic heterocycles. The van der Waals surface area contributed by atoms with Crippen LogP contribution in [0.2, 0.25) is 0 Å². The van der Waals surface area contributed by atoms with Gasteiger partial charge in [0.15, 0.2) is 0 Å². The highest BCUT2D eigenvalue weighted by Crippen LogP contribution is 2.19. The first-order valence-electron chi connectivity index (χ1n) is 9.34. The minimum Gasteiger partial charge on any atom is -0.497 e. The van der Waals surface area contributed by atoms with Crippen molar-refractivity contribution in [1.82, 2.24) is 9.88 Å². The summed E-state index contributed by atoms with van der Waals surface area (Å²) in [4.78, 5) is 12.6. The average Bonchev–Trinajstić information content (AvgIpc) is 3.00. The Bertz CT molecular complexity index is 932. The number of aromatic nitrogens is 1. The Morgan fingerprint density at radius 2 is 1.75 bits per heavy atom. The summed E-state index contributed by atoms with van der Waals surface area (Å²) < 4.78 is 13.0. The molecule has 0 spiro atoms. The van der Waals surface area contributed by atoms with Gasteiger partial charge in [-0.05, 0) is 37.6 Å². The molecule has 2 aromatic carbocycles. The number of rotatable bonds is 8. The molecule has 3 rings (SSSR count). The van der Waals surface area contributed by atoms with Gasteiger partial charge in [-0.2, -0.15) is 0 Å². The minimum absolute atomic E-state index is 0.0818. The molecule has 0 aliphatic rings. The van der Waals surface area contributed by atoms with Crippen LogP contribution in [0.3, 0.4) is 0 Å². The van der Waals surface area contributed by atoms with Gasteiger partial charge in [-0.3, -0.25) is 4.79 Å². The predicted octanol–water partition coefficient (Wildman–Crippen LogP) is 3.97. The van der Waals surface area contributed by atoms with Crippen molar-refractivity contribution < 1.29 is 14.3 Å². The third kappa shape index (κ3) is 4.74. The Labute approximate surface area is 165 Å². The Hall–Kier alpha value is -3.21. The SMILES string of the molecule is COc1cccc(OCCNC(=O)c2cc(C)n(Cc3ccccc3)c2C)c1. The zero-order valence-corrected chi connectivity index (χ0v) is 16.6. The van der Waals surface area contributed by atoms with Gasteiger partial charge in [-0.25, -0.2) is 0 Å². The smallest absolute Gasteiger partial charge is 0.253 e. The molecule has 0 radical (unpaired) electrons. The summed E-state index contributed by atoms with van der Waals surface area (Å²) in [6.07, 6.45) is 0. The third-order valence-corrected chi connectivity index (χ3v) is 4.70. The monoisotopic (exact) mass is 378 g/mol. The Balaban J connectivity index is 1.56. The first-order valence-corrected chi connectivity index (χ1v) is 9.34. The summed E-state index contributed by atoms with van der Waals surface area (Å²) >= 11 is 0. The molecule has 0 bridgehead atoms. The van der Waals surface area contributed by atoms with E-state index in [1.165, 1.54) is 5.56 Å². The van der Waals surface area contributed by atoms with Crippen molar-refractivity contribution in [3.8, 4) is 11.5 Å². The van der Waals surface area contributed by atoms with E-state index >= 15 is 0 Å². The van der Waals surface area contributed by atoms with Crippen LogP contribution in [0.15, 0.2) is 60.7 Å². The Morgan fingerprint density at radius 1 is 1.00 bits per heavy atom. The minimum atomic E-state index is -0.0818. The molecule has 0 saturated carbocycles. The quantitative estimate of drug-likeness (QED) is 0.604. The van der Waals surface area contributed by atoms with Crippen molar-refractivity contribution >= 4 is 5.91 Å². The fourth-order valence-electron chi connectivity index (χ4n) is 3.16. The summed E-state index contributed by atoms with van der Waals surface area (Å²) in [5.74, 6) is 1.38. The molecule has 1 heterocycles. The molecule has 0 unspecified atom stereocenters. The van der Waals surface area contributed by atoms with Crippen molar-refractivity contribution in [2.45, 2.75) is 20.4 Å². The molecule has 146 valence electrons. The predicted molar refractivity (Wildman–Crippen MR) is 110 cm³/mol. The molecule has 0 atom stereocenters. The number of carbonyl (C=O) groups is 1.